The summed E-state index contributed by atoms with van der Waals surface area (Å²) in [6.45, 7) is 5.36. The smallest absolute Gasteiger partial charge is 0.407 e. The van der Waals surface area contributed by atoms with Gasteiger partial charge in [-0.3, -0.25) is 4.98 Å². The summed E-state index contributed by atoms with van der Waals surface area (Å²) in [5.41, 5.74) is 1.31. The SMILES string of the molecule is CC(C)(C)OC(=O)NC(CCCCc1ccc(C(=O)O)cc1)C(O)c1cccnc1. The number of ether oxygens (including phenoxy) is 1. The van der Waals surface area contributed by atoms with Crippen LogP contribution in [0.3, 0.4) is 0 Å². The predicted molar refractivity (Wildman–Crippen MR) is 113 cm³/mol. The Morgan fingerprint density at radius 2 is 1.83 bits per heavy atom. The summed E-state index contributed by atoms with van der Waals surface area (Å²) in [5, 5.41) is 22.5. The number of aliphatic hydroxyl groups excluding tert-OH is 1. The number of rotatable bonds is 9. The van der Waals surface area contributed by atoms with E-state index in [-0.39, 0.29) is 5.56 Å². The molecule has 0 aliphatic carbocycles. The fourth-order valence-corrected chi connectivity index (χ4v) is 3.06. The minimum absolute atomic E-state index is 0.264. The Morgan fingerprint density at radius 1 is 1.13 bits per heavy atom. The number of aryl methyl sites for hydroxylation is 1. The van der Waals surface area contributed by atoms with Crippen LogP contribution in [0.1, 0.15) is 67.6 Å². The van der Waals surface area contributed by atoms with Crippen molar-refractivity contribution >= 4 is 12.1 Å². The van der Waals surface area contributed by atoms with Crippen molar-refractivity contribution in [2.45, 2.75) is 64.2 Å². The Labute approximate surface area is 177 Å². The number of unbranched alkanes of at least 4 members (excludes halogenated alkanes) is 1. The molecule has 2 rings (SSSR count). The summed E-state index contributed by atoms with van der Waals surface area (Å²) in [6, 6.07) is 9.80. The van der Waals surface area contributed by atoms with E-state index in [2.05, 4.69) is 10.3 Å². The largest absolute Gasteiger partial charge is 0.478 e. The average molecular weight is 415 g/mol. The lowest BCUT2D eigenvalue weighted by Gasteiger charge is -2.27. The van der Waals surface area contributed by atoms with Gasteiger partial charge in [-0.1, -0.05) is 24.6 Å². The Morgan fingerprint density at radius 3 is 2.40 bits per heavy atom. The molecular weight excluding hydrogens is 384 g/mol. The molecule has 2 atom stereocenters. The Hall–Kier alpha value is -2.93. The van der Waals surface area contributed by atoms with Crippen molar-refractivity contribution in [3.63, 3.8) is 0 Å². The van der Waals surface area contributed by atoms with E-state index in [1.165, 1.54) is 0 Å². The number of carboxylic acids is 1. The number of hydrogen-bond acceptors (Lipinski definition) is 5. The summed E-state index contributed by atoms with van der Waals surface area (Å²) < 4.78 is 5.34. The molecule has 0 fully saturated rings. The van der Waals surface area contributed by atoms with Gasteiger partial charge in [-0.25, -0.2) is 9.59 Å². The van der Waals surface area contributed by atoms with E-state index in [1.54, 1.807) is 57.4 Å². The highest BCUT2D eigenvalue weighted by Gasteiger charge is 2.25. The number of aromatic carboxylic acids is 1. The molecule has 0 aliphatic heterocycles. The zero-order chi connectivity index (χ0) is 22.1. The standard InChI is InChI=1S/C23H30N2O5/c1-23(2,3)30-22(29)25-19(20(26)18-8-6-14-24-15-18)9-5-4-7-16-10-12-17(13-11-16)21(27)28/h6,8,10-15,19-20,26H,4-5,7,9H2,1-3H3,(H,25,29)(H,27,28). The topological polar surface area (TPSA) is 109 Å². The quantitative estimate of drug-likeness (QED) is 0.533. The van der Waals surface area contributed by atoms with Crippen LogP contribution in [0.5, 0.6) is 0 Å². The van der Waals surface area contributed by atoms with Crippen LogP contribution in [-0.2, 0) is 11.2 Å². The normalized spacial score (nSPS) is 13.3. The van der Waals surface area contributed by atoms with Crippen molar-refractivity contribution in [2.75, 3.05) is 0 Å². The van der Waals surface area contributed by atoms with E-state index in [0.717, 1.165) is 24.8 Å². The van der Waals surface area contributed by atoms with Crippen LogP contribution < -0.4 is 5.32 Å². The van der Waals surface area contributed by atoms with Crippen molar-refractivity contribution in [1.29, 1.82) is 0 Å². The number of aromatic nitrogens is 1. The number of alkyl carbamates (subject to hydrolysis) is 1. The van der Waals surface area contributed by atoms with Gasteiger partial charge in [0.1, 0.15) is 11.7 Å². The molecule has 0 radical (unpaired) electrons. The fraction of sp³-hybridized carbons (Fsp3) is 0.435. The zero-order valence-electron chi connectivity index (χ0n) is 17.7. The highest BCUT2D eigenvalue weighted by Crippen LogP contribution is 2.21. The summed E-state index contributed by atoms with van der Waals surface area (Å²) in [7, 11) is 0. The van der Waals surface area contributed by atoms with Crippen molar-refractivity contribution in [1.82, 2.24) is 10.3 Å². The summed E-state index contributed by atoms with van der Waals surface area (Å²) in [4.78, 5) is 27.2. The number of amides is 1. The molecule has 0 aliphatic rings. The van der Waals surface area contributed by atoms with Gasteiger partial charge in [0.2, 0.25) is 0 Å². The van der Waals surface area contributed by atoms with Gasteiger partial charge in [-0.05, 0) is 63.8 Å². The van der Waals surface area contributed by atoms with Crippen LogP contribution >= 0.6 is 0 Å². The first-order valence-corrected chi connectivity index (χ1v) is 10.1. The van der Waals surface area contributed by atoms with Crippen molar-refractivity contribution in [3.8, 4) is 0 Å². The molecule has 7 heteroatoms. The van der Waals surface area contributed by atoms with Crippen LogP contribution in [0.4, 0.5) is 4.79 Å². The van der Waals surface area contributed by atoms with Gasteiger partial charge < -0.3 is 20.3 Å². The van der Waals surface area contributed by atoms with E-state index < -0.39 is 29.8 Å². The summed E-state index contributed by atoms with van der Waals surface area (Å²) in [6.07, 6.45) is 4.67. The highest BCUT2D eigenvalue weighted by molar-refractivity contribution is 5.87. The first-order chi connectivity index (χ1) is 14.2. The molecule has 0 saturated carbocycles. The van der Waals surface area contributed by atoms with Gasteiger partial charge >= 0.3 is 12.1 Å². The van der Waals surface area contributed by atoms with Crippen LogP contribution in [0.2, 0.25) is 0 Å². The molecule has 162 valence electrons. The number of nitrogens with one attached hydrogen (secondary N) is 1. The molecule has 2 aromatic rings. The third-order valence-electron chi connectivity index (χ3n) is 4.54. The molecule has 1 heterocycles. The molecular formula is C23H30N2O5. The fourth-order valence-electron chi connectivity index (χ4n) is 3.06. The molecule has 1 aromatic heterocycles. The minimum Gasteiger partial charge on any atom is -0.478 e. The van der Waals surface area contributed by atoms with Crippen molar-refractivity contribution < 1.29 is 24.5 Å². The Bertz CT molecular complexity index is 816. The maximum Gasteiger partial charge on any atom is 0.407 e. The lowest BCUT2D eigenvalue weighted by molar-refractivity contribution is 0.0410. The van der Waals surface area contributed by atoms with Crippen LogP contribution in [0.15, 0.2) is 48.8 Å². The second kappa shape index (κ2) is 10.7. The number of aliphatic hydroxyl groups is 1. The van der Waals surface area contributed by atoms with E-state index in [4.69, 9.17) is 9.84 Å². The molecule has 0 saturated heterocycles. The van der Waals surface area contributed by atoms with Crippen molar-refractivity contribution in [3.05, 3.63) is 65.5 Å². The molecule has 7 nitrogen and oxygen atoms in total. The lowest BCUT2D eigenvalue weighted by Crippen LogP contribution is -2.42. The van der Waals surface area contributed by atoms with Gasteiger partial charge in [0.25, 0.3) is 0 Å². The van der Waals surface area contributed by atoms with Crippen molar-refractivity contribution in [2.24, 2.45) is 0 Å². The first kappa shape index (κ1) is 23.3. The number of hydrogen-bond donors (Lipinski definition) is 3. The second-order valence-electron chi connectivity index (χ2n) is 8.23. The lowest BCUT2D eigenvalue weighted by atomic mass is 9.97. The number of pyridine rings is 1. The Kier molecular flexibility index (Phi) is 8.35. The minimum atomic E-state index is -0.943. The molecule has 1 amide bonds. The second-order valence-corrected chi connectivity index (χ2v) is 8.23. The van der Waals surface area contributed by atoms with Gasteiger partial charge in [0.05, 0.1) is 11.6 Å². The van der Waals surface area contributed by atoms with Gasteiger partial charge in [0.15, 0.2) is 0 Å². The van der Waals surface area contributed by atoms with Crippen LogP contribution in [0.25, 0.3) is 0 Å². The summed E-state index contributed by atoms with van der Waals surface area (Å²) >= 11 is 0. The number of benzene rings is 1. The summed E-state index contributed by atoms with van der Waals surface area (Å²) in [5.74, 6) is -0.943. The van der Waals surface area contributed by atoms with Gasteiger partial charge in [0, 0.05) is 18.0 Å². The molecule has 1 aromatic carbocycles. The third kappa shape index (κ3) is 7.83. The number of carbonyl (C=O) groups excluding carboxylic acids is 1. The Balaban J connectivity index is 1.94. The average Bonchev–Trinajstić information content (AvgIpc) is 2.69. The van der Waals surface area contributed by atoms with Crippen LogP contribution in [-0.4, -0.2) is 38.9 Å². The van der Waals surface area contributed by atoms with E-state index >= 15 is 0 Å². The number of carbonyl (C=O) groups is 2. The molecule has 30 heavy (non-hydrogen) atoms. The van der Waals surface area contributed by atoms with Gasteiger partial charge in [-0.15, -0.1) is 0 Å². The molecule has 2 unspecified atom stereocenters. The zero-order valence-corrected chi connectivity index (χ0v) is 17.7. The molecule has 0 bridgehead atoms. The maximum atomic E-state index is 12.2. The number of nitrogens with zero attached hydrogens (tertiary/aromatic N) is 1. The molecule has 0 spiro atoms. The van der Waals surface area contributed by atoms with E-state index in [1.807, 2.05) is 12.1 Å². The highest BCUT2D eigenvalue weighted by atomic mass is 16.6. The maximum absolute atomic E-state index is 12.2. The number of carboxylic acid groups (broad SMARTS) is 1. The predicted octanol–water partition coefficient (Wildman–Crippen LogP) is 4.12. The third-order valence-corrected chi connectivity index (χ3v) is 4.54. The van der Waals surface area contributed by atoms with Crippen LogP contribution in [0, 0.1) is 0 Å². The van der Waals surface area contributed by atoms with E-state index in [0.29, 0.717) is 12.0 Å². The molecule has 3 N–H and O–H groups in total. The first-order valence-electron chi connectivity index (χ1n) is 10.1. The van der Waals surface area contributed by atoms with E-state index in [9.17, 15) is 14.7 Å². The van der Waals surface area contributed by atoms with Gasteiger partial charge in [-0.2, -0.15) is 0 Å². The monoisotopic (exact) mass is 414 g/mol.